The maximum atomic E-state index is 13.1. The van der Waals surface area contributed by atoms with Gasteiger partial charge in [-0.25, -0.2) is 4.39 Å². The van der Waals surface area contributed by atoms with Crippen LogP contribution in [0.25, 0.3) is 0 Å². The first-order valence-corrected chi connectivity index (χ1v) is 4.98. The van der Waals surface area contributed by atoms with Gasteiger partial charge >= 0.3 is 0 Å². The van der Waals surface area contributed by atoms with Crippen molar-refractivity contribution in [1.82, 2.24) is 5.32 Å². The molecule has 1 heterocycles. The summed E-state index contributed by atoms with van der Waals surface area (Å²) >= 11 is 5.91. The summed E-state index contributed by atoms with van der Waals surface area (Å²) in [5.74, 6) is -0.935. The smallest absolute Gasteiger partial charge is 0.165 e. The lowest BCUT2D eigenvalue weighted by Crippen LogP contribution is -2.13. The second kappa shape index (κ2) is 3.75. The van der Waals surface area contributed by atoms with Crippen LogP contribution in [0.5, 0.6) is 5.75 Å². The van der Waals surface area contributed by atoms with E-state index >= 15 is 0 Å². The number of hydrogen-bond donors (Lipinski definition) is 2. The van der Waals surface area contributed by atoms with E-state index in [1.54, 1.807) is 0 Å². The molecule has 4 heteroatoms. The highest BCUT2D eigenvalue weighted by atomic mass is 35.5. The first kappa shape index (κ1) is 9.74. The molecule has 0 bridgehead atoms. The summed E-state index contributed by atoms with van der Waals surface area (Å²) in [6.07, 6.45) is 1.91. The maximum Gasteiger partial charge on any atom is 0.165 e. The van der Waals surface area contributed by atoms with E-state index in [-0.39, 0.29) is 11.8 Å². The highest BCUT2D eigenvalue weighted by Gasteiger charge is 2.23. The predicted octanol–water partition coefficient (Wildman–Crippen LogP) is 2.61. The van der Waals surface area contributed by atoms with Gasteiger partial charge in [-0.2, -0.15) is 0 Å². The van der Waals surface area contributed by atoms with E-state index in [9.17, 15) is 9.50 Å². The van der Waals surface area contributed by atoms with Gasteiger partial charge in [0, 0.05) is 16.6 Å². The van der Waals surface area contributed by atoms with Crippen LogP contribution in [-0.4, -0.2) is 11.7 Å². The van der Waals surface area contributed by atoms with E-state index in [0.29, 0.717) is 10.6 Å². The molecule has 0 spiro atoms. The lowest BCUT2D eigenvalue weighted by molar-refractivity contribution is 0.417. The molecule has 1 aliphatic heterocycles. The topological polar surface area (TPSA) is 32.3 Å². The normalized spacial score (nSPS) is 21.4. The molecule has 1 saturated heterocycles. The number of aromatic hydroxyl groups is 1. The molecule has 2 nitrogen and oxygen atoms in total. The molecule has 1 aliphatic rings. The number of hydrogen-bond acceptors (Lipinski definition) is 2. The molecule has 0 unspecified atom stereocenters. The zero-order valence-corrected chi connectivity index (χ0v) is 8.31. The van der Waals surface area contributed by atoms with Gasteiger partial charge in [-0.3, -0.25) is 0 Å². The van der Waals surface area contributed by atoms with E-state index in [2.05, 4.69) is 5.32 Å². The Labute approximate surface area is 86.7 Å². The van der Waals surface area contributed by atoms with Crippen LogP contribution in [0.15, 0.2) is 12.1 Å². The second-order valence-corrected chi connectivity index (χ2v) is 3.85. The van der Waals surface area contributed by atoms with Crippen molar-refractivity contribution >= 4 is 11.6 Å². The molecule has 14 heavy (non-hydrogen) atoms. The van der Waals surface area contributed by atoms with Crippen molar-refractivity contribution in [3.8, 4) is 5.75 Å². The molecular formula is C10H11ClFNO. The molecule has 0 radical (unpaired) electrons. The van der Waals surface area contributed by atoms with Gasteiger partial charge in [-0.15, -0.1) is 0 Å². The Morgan fingerprint density at radius 2 is 2.29 bits per heavy atom. The maximum absolute atomic E-state index is 13.1. The standard InChI is InChI=1S/C10H11ClFNO/c11-6-3-4-7(12)10(14)9(6)8-2-1-5-13-8/h3-4,8,13-14H,1-2,5H2/t8-/m1/s1. The lowest BCUT2D eigenvalue weighted by Gasteiger charge is -2.14. The van der Waals surface area contributed by atoms with E-state index in [0.717, 1.165) is 19.4 Å². The number of halogens is 2. The predicted molar refractivity (Wildman–Crippen MR) is 53.1 cm³/mol. The second-order valence-electron chi connectivity index (χ2n) is 3.44. The largest absolute Gasteiger partial charge is 0.505 e. The Kier molecular flexibility index (Phi) is 2.61. The van der Waals surface area contributed by atoms with Crippen molar-refractivity contribution in [2.45, 2.75) is 18.9 Å². The summed E-state index contributed by atoms with van der Waals surface area (Å²) in [7, 11) is 0. The third-order valence-corrected chi connectivity index (χ3v) is 2.85. The molecule has 76 valence electrons. The lowest BCUT2D eigenvalue weighted by atomic mass is 10.0. The zero-order chi connectivity index (χ0) is 10.1. The van der Waals surface area contributed by atoms with Crippen LogP contribution in [0.2, 0.25) is 5.02 Å². The number of phenols is 1. The molecule has 2 N–H and O–H groups in total. The summed E-state index contributed by atoms with van der Waals surface area (Å²) in [5, 5.41) is 13.1. The van der Waals surface area contributed by atoms with Crippen LogP contribution in [0.3, 0.4) is 0 Å². The Morgan fingerprint density at radius 1 is 1.50 bits per heavy atom. The molecule has 1 fully saturated rings. The van der Waals surface area contributed by atoms with Gasteiger partial charge in [0.1, 0.15) is 0 Å². The van der Waals surface area contributed by atoms with Crippen molar-refractivity contribution in [1.29, 1.82) is 0 Å². The third kappa shape index (κ3) is 1.57. The number of phenolic OH excluding ortho intramolecular Hbond substituents is 1. The third-order valence-electron chi connectivity index (χ3n) is 2.52. The van der Waals surface area contributed by atoms with Crippen LogP contribution < -0.4 is 5.32 Å². The van der Waals surface area contributed by atoms with Crippen molar-refractivity contribution < 1.29 is 9.50 Å². The van der Waals surface area contributed by atoms with Crippen LogP contribution in [0.4, 0.5) is 4.39 Å². The molecule has 2 rings (SSSR count). The average molecular weight is 216 g/mol. The monoisotopic (exact) mass is 215 g/mol. The Hall–Kier alpha value is -0.800. The van der Waals surface area contributed by atoms with Crippen molar-refractivity contribution in [2.75, 3.05) is 6.54 Å². The molecule has 1 aromatic carbocycles. The van der Waals surface area contributed by atoms with Crippen molar-refractivity contribution in [3.05, 3.63) is 28.5 Å². The van der Waals surface area contributed by atoms with Crippen LogP contribution in [0, 0.1) is 5.82 Å². The number of nitrogens with one attached hydrogen (secondary N) is 1. The SMILES string of the molecule is Oc1c(F)ccc(Cl)c1[C@H]1CCCN1. The van der Waals surface area contributed by atoms with E-state index < -0.39 is 5.82 Å². The average Bonchev–Trinajstić information content (AvgIpc) is 2.65. The summed E-state index contributed by atoms with van der Waals surface area (Å²) in [6, 6.07) is 2.64. The molecule has 1 atom stereocenters. The van der Waals surface area contributed by atoms with Crippen molar-refractivity contribution in [2.24, 2.45) is 0 Å². The Morgan fingerprint density at radius 3 is 2.93 bits per heavy atom. The number of rotatable bonds is 1. The summed E-state index contributed by atoms with van der Waals surface area (Å²) in [4.78, 5) is 0. The zero-order valence-electron chi connectivity index (χ0n) is 7.56. The first-order chi connectivity index (χ1) is 6.70. The molecule has 0 saturated carbocycles. The highest BCUT2D eigenvalue weighted by molar-refractivity contribution is 6.31. The Balaban J connectivity index is 2.44. The number of benzene rings is 1. The Bertz CT molecular complexity index is 350. The minimum absolute atomic E-state index is 0.0156. The van der Waals surface area contributed by atoms with E-state index in [1.165, 1.54) is 12.1 Å². The minimum Gasteiger partial charge on any atom is -0.505 e. The quantitative estimate of drug-likeness (QED) is 0.755. The van der Waals surface area contributed by atoms with Gasteiger partial charge in [-0.05, 0) is 31.5 Å². The van der Waals surface area contributed by atoms with E-state index in [4.69, 9.17) is 11.6 Å². The van der Waals surface area contributed by atoms with Crippen LogP contribution in [0.1, 0.15) is 24.4 Å². The van der Waals surface area contributed by atoms with E-state index in [1.807, 2.05) is 0 Å². The van der Waals surface area contributed by atoms with Gasteiger partial charge in [0.25, 0.3) is 0 Å². The van der Waals surface area contributed by atoms with Crippen molar-refractivity contribution in [3.63, 3.8) is 0 Å². The van der Waals surface area contributed by atoms with Crippen LogP contribution >= 0.6 is 11.6 Å². The summed E-state index contributed by atoms with van der Waals surface area (Å²) in [6.45, 7) is 0.886. The molecule has 1 aromatic rings. The fraction of sp³-hybridized carbons (Fsp3) is 0.400. The summed E-state index contributed by atoms with van der Waals surface area (Å²) < 4.78 is 13.1. The highest BCUT2D eigenvalue weighted by Crippen LogP contribution is 2.37. The van der Waals surface area contributed by atoms with Gasteiger partial charge in [0.15, 0.2) is 11.6 Å². The van der Waals surface area contributed by atoms with Gasteiger partial charge in [-0.1, -0.05) is 11.6 Å². The molecular weight excluding hydrogens is 205 g/mol. The van der Waals surface area contributed by atoms with Gasteiger partial charge in [0.2, 0.25) is 0 Å². The fourth-order valence-electron chi connectivity index (χ4n) is 1.82. The first-order valence-electron chi connectivity index (χ1n) is 4.60. The molecule has 0 aromatic heterocycles. The fourth-order valence-corrected chi connectivity index (χ4v) is 2.10. The molecule has 0 aliphatic carbocycles. The van der Waals surface area contributed by atoms with Crippen LogP contribution in [-0.2, 0) is 0 Å². The van der Waals surface area contributed by atoms with Gasteiger partial charge < -0.3 is 10.4 Å². The molecule has 0 amide bonds. The minimum atomic E-state index is -0.613. The van der Waals surface area contributed by atoms with Gasteiger partial charge in [0.05, 0.1) is 0 Å². The summed E-state index contributed by atoms with van der Waals surface area (Å²) in [5.41, 5.74) is 0.490.